The zero-order valence-corrected chi connectivity index (χ0v) is 14.5. The summed E-state index contributed by atoms with van der Waals surface area (Å²) >= 11 is 0. The topological polar surface area (TPSA) is 59.5 Å². The normalized spacial score (nSPS) is 20.5. The summed E-state index contributed by atoms with van der Waals surface area (Å²) in [6.45, 7) is 8.60. The van der Waals surface area contributed by atoms with E-state index >= 15 is 0 Å². The molecular weight excluding hydrogens is 300 g/mol. The van der Waals surface area contributed by atoms with Gasteiger partial charge < -0.3 is 9.64 Å². The summed E-state index contributed by atoms with van der Waals surface area (Å²) in [6, 6.07) is 3.71. The van der Waals surface area contributed by atoms with Crippen molar-refractivity contribution in [3.8, 4) is 0 Å². The molecule has 0 spiro atoms. The molecule has 0 aliphatic carbocycles. The summed E-state index contributed by atoms with van der Waals surface area (Å²) in [6.07, 6.45) is 3.07. The van der Waals surface area contributed by atoms with Gasteiger partial charge in [0.2, 0.25) is 0 Å². The van der Waals surface area contributed by atoms with Gasteiger partial charge in [0.25, 0.3) is 0 Å². The maximum Gasteiger partial charge on any atom is 0.410 e. The number of rotatable bonds is 2. The van der Waals surface area contributed by atoms with E-state index in [9.17, 15) is 9.00 Å². The molecule has 0 bridgehead atoms. The quantitative estimate of drug-likeness (QED) is 0.839. The second-order valence-corrected chi connectivity index (χ2v) is 8.34. The monoisotopic (exact) mass is 324 g/mol. The summed E-state index contributed by atoms with van der Waals surface area (Å²) in [5.41, 5.74) is 0.529. The van der Waals surface area contributed by atoms with E-state index in [1.807, 2.05) is 33.8 Å². The SMILES string of the molecule is Cc1ccc([S@@](=O)[C@H]2CCCN(C(=O)OC(C)(C)C)C2)nc1. The minimum absolute atomic E-state index is 0.0866. The third kappa shape index (κ3) is 4.53. The fourth-order valence-corrected chi connectivity index (χ4v) is 3.75. The van der Waals surface area contributed by atoms with E-state index in [-0.39, 0.29) is 11.3 Å². The molecule has 5 nitrogen and oxygen atoms in total. The minimum Gasteiger partial charge on any atom is -0.444 e. The number of likely N-dealkylation sites (tertiary alicyclic amines) is 1. The lowest BCUT2D eigenvalue weighted by atomic mass is 10.1. The van der Waals surface area contributed by atoms with Gasteiger partial charge in [0.1, 0.15) is 10.6 Å². The van der Waals surface area contributed by atoms with Gasteiger partial charge in [-0.15, -0.1) is 0 Å². The van der Waals surface area contributed by atoms with Crippen LogP contribution in [0.5, 0.6) is 0 Å². The number of aryl methyl sites for hydroxylation is 1. The van der Waals surface area contributed by atoms with Crippen LogP contribution in [0.2, 0.25) is 0 Å². The Morgan fingerprint density at radius 1 is 1.41 bits per heavy atom. The Balaban J connectivity index is 2.02. The van der Waals surface area contributed by atoms with Crippen LogP contribution in [0, 0.1) is 6.92 Å². The summed E-state index contributed by atoms with van der Waals surface area (Å²) in [7, 11) is -1.20. The Bertz CT molecular complexity index is 552. The van der Waals surface area contributed by atoms with Crippen molar-refractivity contribution in [2.75, 3.05) is 13.1 Å². The summed E-state index contributed by atoms with van der Waals surface area (Å²) < 4.78 is 18.0. The van der Waals surface area contributed by atoms with Crippen LogP contribution in [-0.4, -0.2) is 44.1 Å². The van der Waals surface area contributed by atoms with Gasteiger partial charge in [0, 0.05) is 19.3 Å². The van der Waals surface area contributed by atoms with Crippen molar-refractivity contribution >= 4 is 16.9 Å². The first-order chi connectivity index (χ1) is 10.3. The third-order valence-electron chi connectivity index (χ3n) is 3.42. The van der Waals surface area contributed by atoms with E-state index in [1.165, 1.54) is 0 Å². The Kier molecular flexibility index (Phi) is 5.21. The number of ether oxygens (including phenoxy) is 1. The van der Waals surface area contributed by atoms with E-state index in [1.54, 1.807) is 17.2 Å². The number of carbonyl (C=O) groups excluding carboxylic acids is 1. The molecule has 1 aromatic rings. The van der Waals surface area contributed by atoms with Crippen molar-refractivity contribution in [3.63, 3.8) is 0 Å². The van der Waals surface area contributed by atoms with Crippen LogP contribution in [0.4, 0.5) is 4.79 Å². The molecule has 0 radical (unpaired) electrons. The molecule has 0 saturated carbocycles. The molecule has 6 heteroatoms. The second kappa shape index (κ2) is 6.77. The Labute approximate surface area is 134 Å². The lowest BCUT2D eigenvalue weighted by Crippen LogP contribution is -2.45. The lowest BCUT2D eigenvalue weighted by Gasteiger charge is -2.33. The molecule has 1 aromatic heterocycles. The zero-order valence-electron chi connectivity index (χ0n) is 13.7. The van der Waals surface area contributed by atoms with Gasteiger partial charge in [0.15, 0.2) is 0 Å². The van der Waals surface area contributed by atoms with Gasteiger partial charge in [-0.05, 0) is 52.2 Å². The van der Waals surface area contributed by atoms with Crippen molar-refractivity contribution in [3.05, 3.63) is 23.9 Å². The average molecular weight is 324 g/mol. The predicted octanol–water partition coefficient (Wildman–Crippen LogP) is 2.90. The largest absolute Gasteiger partial charge is 0.444 e. The van der Waals surface area contributed by atoms with Gasteiger partial charge in [-0.1, -0.05) is 6.07 Å². The summed E-state index contributed by atoms with van der Waals surface area (Å²) in [5, 5.41) is 0.498. The number of nitrogens with zero attached hydrogens (tertiary/aromatic N) is 2. The average Bonchev–Trinajstić information content (AvgIpc) is 2.46. The van der Waals surface area contributed by atoms with E-state index < -0.39 is 16.4 Å². The molecule has 1 amide bonds. The molecule has 0 N–H and O–H groups in total. The smallest absolute Gasteiger partial charge is 0.410 e. The molecule has 0 unspecified atom stereocenters. The number of piperidine rings is 1. The van der Waals surface area contributed by atoms with Gasteiger partial charge >= 0.3 is 6.09 Å². The van der Waals surface area contributed by atoms with Gasteiger partial charge in [0.05, 0.1) is 16.0 Å². The number of hydrogen-bond acceptors (Lipinski definition) is 4. The molecule has 1 aliphatic rings. The molecule has 2 heterocycles. The molecule has 1 fully saturated rings. The first kappa shape index (κ1) is 16.9. The van der Waals surface area contributed by atoms with Crippen LogP contribution < -0.4 is 0 Å². The number of aromatic nitrogens is 1. The first-order valence-electron chi connectivity index (χ1n) is 7.57. The number of pyridine rings is 1. The highest BCUT2D eigenvalue weighted by molar-refractivity contribution is 7.85. The molecule has 1 aliphatic heterocycles. The molecule has 2 atom stereocenters. The number of hydrogen-bond donors (Lipinski definition) is 0. The molecular formula is C16H24N2O3S. The highest BCUT2D eigenvalue weighted by atomic mass is 32.2. The van der Waals surface area contributed by atoms with Crippen LogP contribution in [0.3, 0.4) is 0 Å². The van der Waals surface area contributed by atoms with Crippen molar-refractivity contribution in [1.82, 2.24) is 9.88 Å². The number of carbonyl (C=O) groups is 1. The molecule has 22 heavy (non-hydrogen) atoms. The van der Waals surface area contributed by atoms with E-state index in [0.717, 1.165) is 18.4 Å². The number of amides is 1. The maximum absolute atomic E-state index is 12.6. The minimum atomic E-state index is -1.20. The van der Waals surface area contributed by atoms with Crippen LogP contribution in [0.25, 0.3) is 0 Å². The second-order valence-electron chi connectivity index (χ2n) is 6.66. The van der Waals surface area contributed by atoms with E-state index in [0.29, 0.717) is 18.1 Å². The van der Waals surface area contributed by atoms with Crippen molar-refractivity contribution in [1.29, 1.82) is 0 Å². The first-order valence-corrected chi connectivity index (χ1v) is 8.79. The van der Waals surface area contributed by atoms with E-state index in [4.69, 9.17) is 4.74 Å². The summed E-state index contributed by atoms with van der Waals surface area (Å²) in [4.78, 5) is 18.1. The fourth-order valence-electron chi connectivity index (χ4n) is 2.35. The Hall–Kier alpha value is -1.43. The Morgan fingerprint density at radius 2 is 2.14 bits per heavy atom. The molecule has 2 rings (SSSR count). The van der Waals surface area contributed by atoms with Crippen LogP contribution in [0.1, 0.15) is 39.2 Å². The molecule has 122 valence electrons. The van der Waals surface area contributed by atoms with E-state index in [2.05, 4.69) is 4.98 Å². The summed E-state index contributed by atoms with van der Waals surface area (Å²) in [5.74, 6) is 0. The zero-order chi connectivity index (χ0) is 16.3. The molecule has 0 aromatic carbocycles. The standard InChI is InChI=1S/C16H24N2O3S/c1-12-7-8-14(17-10-12)22(20)13-6-5-9-18(11-13)15(19)21-16(2,3)4/h7-8,10,13H,5-6,9,11H2,1-4H3/t13-,22-/m0/s1. The Morgan fingerprint density at radius 3 is 2.73 bits per heavy atom. The van der Waals surface area contributed by atoms with Crippen molar-refractivity contribution in [2.45, 2.75) is 56.4 Å². The van der Waals surface area contributed by atoms with Gasteiger partial charge in [-0.25, -0.2) is 9.78 Å². The van der Waals surface area contributed by atoms with Gasteiger partial charge in [-0.2, -0.15) is 0 Å². The van der Waals surface area contributed by atoms with Crippen molar-refractivity contribution in [2.24, 2.45) is 0 Å². The lowest BCUT2D eigenvalue weighted by molar-refractivity contribution is 0.0219. The van der Waals surface area contributed by atoms with Crippen LogP contribution in [0.15, 0.2) is 23.4 Å². The fraction of sp³-hybridized carbons (Fsp3) is 0.625. The molecule has 1 saturated heterocycles. The van der Waals surface area contributed by atoms with Crippen molar-refractivity contribution < 1.29 is 13.7 Å². The highest BCUT2D eigenvalue weighted by Gasteiger charge is 2.31. The van der Waals surface area contributed by atoms with Crippen LogP contribution in [-0.2, 0) is 15.5 Å². The maximum atomic E-state index is 12.6. The third-order valence-corrected chi connectivity index (χ3v) is 5.07. The highest BCUT2D eigenvalue weighted by Crippen LogP contribution is 2.21. The van der Waals surface area contributed by atoms with Crippen LogP contribution >= 0.6 is 0 Å². The van der Waals surface area contributed by atoms with Gasteiger partial charge in [-0.3, -0.25) is 4.21 Å². The predicted molar refractivity (Wildman–Crippen MR) is 86.2 cm³/mol.